The Morgan fingerprint density at radius 3 is 2.52 bits per heavy atom. The lowest BCUT2D eigenvalue weighted by molar-refractivity contribution is -0.908. The van der Waals surface area contributed by atoms with E-state index in [0.717, 1.165) is 46.7 Å². The minimum Gasteiger partial charge on any atom is -0.493 e. The molecule has 5 nitrogen and oxygen atoms in total. The molecule has 0 fully saturated rings. The standard InChI is InChI=1S/C21H25N3O2S/c1-15-8-10-17(11-9-15)22-21-23-18(14-27-21)13-24(2)12-16-6-5-7-19(25-3)20(16)26-4/h5-11,14H,12-13H2,1-4H3,(H,22,23)/p+1. The zero-order valence-electron chi connectivity index (χ0n) is 16.2. The van der Waals surface area contributed by atoms with Crippen LogP contribution in [0.4, 0.5) is 10.8 Å². The molecule has 142 valence electrons. The highest BCUT2D eigenvalue weighted by molar-refractivity contribution is 7.13. The third kappa shape index (κ3) is 4.99. The van der Waals surface area contributed by atoms with Gasteiger partial charge in [0.1, 0.15) is 18.8 Å². The first-order valence-electron chi connectivity index (χ1n) is 8.88. The largest absolute Gasteiger partial charge is 0.493 e. The van der Waals surface area contributed by atoms with Crippen molar-refractivity contribution in [2.24, 2.45) is 0 Å². The first kappa shape index (κ1) is 19.2. The first-order valence-corrected chi connectivity index (χ1v) is 9.76. The van der Waals surface area contributed by atoms with E-state index in [9.17, 15) is 0 Å². The molecule has 27 heavy (non-hydrogen) atoms. The summed E-state index contributed by atoms with van der Waals surface area (Å²) in [4.78, 5) is 6.04. The predicted octanol–water partition coefficient (Wildman–Crippen LogP) is 3.43. The van der Waals surface area contributed by atoms with Gasteiger partial charge in [-0.25, -0.2) is 4.98 Å². The van der Waals surface area contributed by atoms with Gasteiger partial charge >= 0.3 is 0 Å². The summed E-state index contributed by atoms with van der Waals surface area (Å²) in [5.74, 6) is 1.57. The molecule has 1 atom stereocenters. The van der Waals surface area contributed by atoms with E-state index in [1.165, 1.54) is 10.5 Å². The fraction of sp³-hybridized carbons (Fsp3) is 0.286. The van der Waals surface area contributed by atoms with Gasteiger partial charge in [-0.05, 0) is 31.2 Å². The molecular formula is C21H26N3O2S+. The third-order valence-electron chi connectivity index (χ3n) is 4.31. The molecule has 6 heteroatoms. The Hall–Kier alpha value is -2.57. The van der Waals surface area contributed by atoms with E-state index < -0.39 is 0 Å². The SMILES string of the molecule is COc1cccc(C[NH+](C)Cc2csc(Nc3ccc(C)cc3)n2)c1OC. The zero-order valence-corrected chi connectivity index (χ0v) is 17.0. The van der Waals surface area contributed by atoms with Crippen LogP contribution < -0.4 is 19.7 Å². The van der Waals surface area contributed by atoms with Crippen molar-refractivity contribution in [2.75, 3.05) is 26.6 Å². The highest BCUT2D eigenvalue weighted by Gasteiger charge is 2.15. The lowest BCUT2D eigenvalue weighted by atomic mass is 10.1. The number of nitrogens with one attached hydrogen (secondary N) is 2. The van der Waals surface area contributed by atoms with Crippen LogP contribution >= 0.6 is 11.3 Å². The molecule has 2 N–H and O–H groups in total. The first-order chi connectivity index (χ1) is 13.1. The summed E-state index contributed by atoms with van der Waals surface area (Å²) in [7, 11) is 5.50. The van der Waals surface area contributed by atoms with Crippen molar-refractivity contribution in [3.05, 3.63) is 64.7 Å². The Morgan fingerprint density at radius 1 is 1.04 bits per heavy atom. The van der Waals surface area contributed by atoms with Crippen molar-refractivity contribution in [1.29, 1.82) is 0 Å². The Morgan fingerprint density at radius 2 is 1.81 bits per heavy atom. The molecule has 1 unspecified atom stereocenters. The van der Waals surface area contributed by atoms with Gasteiger partial charge in [-0.2, -0.15) is 0 Å². The van der Waals surface area contributed by atoms with Gasteiger partial charge in [-0.1, -0.05) is 23.8 Å². The number of aromatic nitrogens is 1. The van der Waals surface area contributed by atoms with Gasteiger partial charge in [0.25, 0.3) is 0 Å². The molecule has 0 saturated heterocycles. The van der Waals surface area contributed by atoms with Crippen LogP contribution in [0.1, 0.15) is 16.8 Å². The van der Waals surface area contributed by atoms with Crippen LogP contribution in [0.15, 0.2) is 47.8 Å². The maximum absolute atomic E-state index is 5.54. The van der Waals surface area contributed by atoms with Crippen molar-refractivity contribution in [3.63, 3.8) is 0 Å². The van der Waals surface area contributed by atoms with Crippen LogP contribution in [0.5, 0.6) is 11.5 Å². The number of hydrogen-bond acceptors (Lipinski definition) is 5. The summed E-state index contributed by atoms with van der Waals surface area (Å²) in [6.45, 7) is 3.76. The van der Waals surface area contributed by atoms with E-state index in [4.69, 9.17) is 14.5 Å². The summed E-state index contributed by atoms with van der Waals surface area (Å²) in [6.07, 6.45) is 0. The molecule has 0 amide bonds. The Balaban J connectivity index is 1.63. The number of thiazole rings is 1. The van der Waals surface area contributed by atoms with Crippen LogP contribution in [0, 0.1) is 6.92 Å². The maximum Gasteiger partial charge on any atom is 0.187 e. The van der Waals surface area contributed by atoms with E-state index in [1.807, 2.05) is 12.1 Å². The number of ether oxygens (including phenoxy) is 2. The number of para-hydroxylation sites is 1. The van der Waals surface area contributed by atoms with Crippen LogP contribution in [-0.4, -0.2) is 26.3 Å². The Kier molecular flexibility index (Phi) is 6.32. The van der Waals surface area contributed by atoms with Crippen LogP contribution in [0.2, 0.25) is 0 Å². The average Bonchev–Trinajstić information content (AvgIpc) is 3.10. The molecule has 0 aliphatic carbocycles. The van der Waals surface area contributed by atoms with Crippen molar-refractivity contribution in [3.8, 4) is 11.5 Å². The van der Waals surface area contributed by atoms with Crippen molar-refractivity contribution in [2.45, 2.75) is 20.0 Å². The second-order valence-electron chi connectivity index (χ2n) is 6.60. The molecule has 0 spiro atoms. The van der Waals surface area contributed by atoms with Crippen LogP contribution in [0.3, 0.4) is 0 Å². The molecule has 2 aromatic carbocycles. The predicted molar refractivity (Wildman–Crippen MR) is 110 cm³/mol. The minimum atomic E-state index is 0.765. The zero-order chi connectivity index (χ0) is 19.2. The number of methoxy groups -OCH3 is 2. The Labute approximate surface area is 164 Å². The monoisotopic (exact) mass is 384 g/mol. The normalized spacial score (nSPS) is 11.9. The van der Waals surface area contributed by atoms with Gasteiger partial charge in [-0.15, -0.1) is 11.3 Å². The molecule has 1 heterocycles. The minimum absolute atomic E-state index is 0.765. The van der Waals surface area contributed by atoms with Gasteiger partial charge in [-0.3, -0.25) is 0 Å². The van der Waals surface area contributed by atoms with E-state index in [2.05, 4.69) is 55.0 Å². The topological polar surface area (TPSA) is 47.8 Å². The van der Waals surface area contributed by atoms with Gasteiger partial charge in [0.05, 0.1) is 26.8 Å². The highest BCUT2D eigenvalue weighted by Crippen LogP contribution is 2.30. The molecule has 0 saturated carbocycles. The smallest absolute Gasteiger partial charge is 0.187 e. The fourth-order valence-electron chi connectivity index (χ4n) is 3.00. The van der Waals surface area contributed by atoms with Crippen LogP contribution in [0.25, 0.3) is 0 Å². The summed E-state index contributed by atoms with van der Waals surface area (Å²) < 4.78 is 10.9. The maximum atomic E-state index is 5.54. The molecular weight excluding hydrogens is 358 g/mol. The summed E-state index contributed by atoms with van der Waals surface area (Å²) in [6, 6.07) is 14.3. The molecule has 1 aromatic heterocycles. The average molecular weight is 385 g/mol. The summed E-state index contributed by atoms with van der Waals surface area (Å²) in [5.41, 5.74) is 4.51. The number of quaternary nitrogens is 1. The third-order valence-corrected chi connectivity index (χ3v) is 5.12. The highest BCUT2D eigenvalue weighted by atomic mass is 32.1. The van der Waals surface area contributed by atoms with Gasteiger partial charge < -0.3 is 19.7 Å². The fourth-order valence-corrected chi connectivity index (χ4v) is 3.73. The van der Waals surface area contributed by atoms with Crippen molar-refractivity contribution >= 4 is 22.2 Å². The number of benzene rings is 2. The number of anilines is 2. The van der Waals surface area contributed by atoms with Gasteiger partial charge in [0, 0.05) is 11.1 Å². The second kappa shape index (κ2) is 8.88. The molecule has 0 bridgehead atoms. The number of hydrogen-bond donors (Lipinski definition) is 2. The van der Waals surface area contributed by atoms with E-state index >= 15 is 0 Å². The van der Waals surface area contributed by atoms with Crippen LogP contribution in [-0.2, 0) is 13.1 Å². The van der Waals surface area contributed by atoms with Gasteiger partial charge in [0.15, 0.2) is 16.6 Å². The molecule has 0 aliphatic heterocycles. The lowest BCUT2D eigenvalue weighted by Crippen LogP contribution is -3.06. The summed E-state index contributed by atoms with van der Waals surface area (Å²) in [5, 5.41) is 6.40. The van der Waals surface area contributed by atoms with E-state index in [1.54, 1.807) is 25.6 Å². The molecule has 0 aliphatic rings. The summed E-state index contributed by atoms with van der Waals surface area (Å²) >= 11 is 1.63. The number of aryl methyl sites for hydroxylation is 1. The quantitative estimate of drug-likeness (QED) is 0.625. The molecule has 3 aromatic rings. The van der Waals surface area contributed by atoms with Crippen molar-refractivity contribution < 1.29 is 14.4 Å². The van der Waals surface area contributed by atoms with E-state index in [0.29, 0.717) is 0 Å². The molecule has 0 radical (unpaired) electrons. The van der Waals surface area contributed by atoms with Crippen molar-refractivity contribution in [1.82, 2.24) is 4.98 Å². The second-order valence-corrected chi connectivity index (χ2v) is 7.46. The van der Waals surface area contributed by atoms with Gasteiger partial charge in [0.2, 0.25) is 0 Å². The molecule has 3 rings (SSSR count). The van der Waals surface area contributed by atoms with E-state index in [-0.39, 0.29) is 0 Å². The number of nitrogens with zero attached hydrogens (tertiary/aromatic N) is 1. The number of rotatable bonds is 8. The lowest BCUT2D eigenvalue weighted by Gasteiger charge is -2.16. The Bertz CT molecular complexity index is 877.